The summed E-state index contributed by atoms with van der Waals surface area (Å²) in [6.07, 6.45) is 0.886. The fraction of sp³-hybridized carbons (Fsp3) is 0.435. The lowest BCUT2D eigenvalue weighted by molar-refractivity contribution is -0.135. The summed E-state index contributed by atoms with van der Waals surface area (Å²) >= 11 is 0. The standard InChI is InChI=1S/C23H30N2O4/c1-4-18-7-5-6-8-22(18)29-17-23(26)25-13-11-24(12-14-25)16-19-15-20(27-2)9-10-21(19)28-3/h5-10,15H,4,11-14,16-17H2,1-3H3. The van der Waals surface area contributed by atoms with Crippen LogP contribution in [0.25, 0.3) is 0 Å². The number of amides is 1. The van der Waals surface area contributed by atoms with Crippen molar-refractivity contribution in [3.63, 3.8) is 0 Å². The van der Waals surface area contributed by atoms with E-state index in [1.165, 1.54) is 0 Å². The minimum Gasteiger partial charge on any atom is -0.497 e. The van der Waals surface area contributed by atoms with E-state index in [4.69, 9.17) is 14.2 Å². The van der Waals surface area contributed by atoms with Crippen molar-refractivity contribution in [1.29, 1.82) is 0 Å². The number of rotatable bonds is 8. The average molecular weight is 399 g/mol. The molecule has 0 aromatic heterocycles. The maximum Gasteiger partial charge on any atom is 0.260 e. The van der Waals surface area contributed by atoms with Crippen molar-refractivity contribution in [3.8, 4) is 17.2 Å². The zero-order valence-corrected chi connectivity index (χ0v) is 17.5. The van der Waals surface area contributed by atoms with Gasteiger partial charge in [-0.3, -0.25) is 9.69 Å². The first-order chi connectivity index (χ1) is 14.1. The fourth-order valence-electron chi connectivity index (χ4n) is 3.57. The second-order valence-corrected chi connectivity index (χ2v) is 7.08. The van der Waals surface area contributed by atoms with Gasteiger partial charge in [-0.25, -0.2) is 0 Å². The quantitative estimate of drug-likeness (QED) is 0.684. The molecule has 0 spiro atoms. The summed E-state index contributed by atoms with van der Waals surface area (Å²) in [6, 6.07) is 13.7. The maximum absolute atomic E-state index is 12.6. The number of nitrogens with zero attached hydrogens (tertiary/aromatic N) is 2. The normalized spacial score (nSPS) is 14.5. The van der Waals surface area contributed by atoms with E-state index < -0.39 is 0 Å². The van der Waals surface area contributed by atoms with E-state index in [1.807, 2.05) is 47.4 Å². The second kappa shape index (κ2) is 10.2. The summed E-state index contributed by atoms with van der Waals surface area (Å²) in [4.78, 5) is 16.8. The zero-order valence-electron chi connectivity index (χ0n) is 17.5. The molecular weight excluding hydrogens is 368 g/mol. The summed E-state index contributed by atoms with van der Waals surface area (Å²) in [5.41, 5.74) is 2.21. The molecular formula is C23H30N2O4. The molecule has 1 heterocycles. The Labute approximate surface area is 173 Å². The molecule has 1 fully saturated rings. The van der Waals surface area contributed by atoms with Crippen molar-refractivity contribution in [1.82, 2.24) is 9.80 Å². The molecule has 1 amide bonds. The number of carbonyl (C=O) groups excluding carboxylic acids is 1. The van der Waals surface area contributed by atoms with Crippen molar-refractivity contribution in [3.05, 3.63) is 53.6 Å². The Balaban J connectivity index is 1.51. The largest absolute Gasteiger partial charge is 0.497 e. The van der Waals surface area contributed by atoms with Gasteiger partial charge in [0.05, 0.1) is 14.2 Å². The molecule has 2 aromatic carbocycles. The first-order valence-corrected chi connectivity index (χ1v) is 10.1. The van der Waals surface area contributed by atoms with E-state index >= 15 is 0 Å². The van der Waals surface area contributed by atoms with Crippen LogP contribution in [0.5, 0.6) is 17.2 Å². The third-order valence-corrected chi connectivity index (χ3v) is 5.31. The molecule has 0 radical (unpaired) electrons. The van der Waals surface area contributed by atoms with Crippen LogP contribution >= 0.6 is 0 Å². The van der Waals surface area contributed by atoms with E-state index in [2.05, 4.69) is 11.8 Å². The predicted octanol–water partition coefficient (Wildman–Crippen LogP) is 2.99. The third-order valence-electron chi connectivity index (χ3n) is 5.31. The minimum absolute atomic E-state index is 0.0366. The molecule has 1 aliphatic heterocycles. The molecule has 6 nitrogen and oxygen atoms in total. The van der Waals surface area contributed by atoms with Crippen molar-refractivity contribution in [2.24, 2.45) is 0 Å². The monoisotopic (exact) mass is 398 g/mol. The van der Waals surface area contributed by atoms with Crippen LogP contribution in [-0.2, 0) is 17.8 Å². The number of benzene rings is 2. The highest BCUT2D eigenvalue weighted by molar-refractivity contribution is 5.78. The summed E-state index contributed by atoms with van der Waals surface area (Å²) in [5.74, 6) is 2.51. The lowest BCUT2D eigenvalue weighted by atomic mass is 10.1. The van der Waals surface area contributed by atoms with Crippen LogP contribution in [-0.4, -0.2) is 62.7 Å². The van der Waals surface area contributed by atoms with Crippen LogP contribution in [0.4, 0.5) is 0 Å². The highest BCUT2D eigenvalue weighted by atomic mass is 16.5. The number of aryl methyl sites for hydroxylation is 1. The highest BCUT2D eigenvalue weighted by Crippen LogP contribution is 2.25. The van der Waals surface area contributed by atoms with Gasteiger partial charge in [0.15, 0.2) is 6.61 Å². The van der Waals surface area contributed by atoms with Gasteiger partial charge in [-0.1, -0.05) is 25.1 Å². The number of piperazine rings is 1. The van der Waals surface area contributed by atoms with Gasteiger partial charge in [0.1, 0.15) is 17.2 Å². The molecule has 29 heavy (non-hydrogen) atoms. The Hall–Kier alpha value is -2.73. The van der Waals surface area contributed by atoms with E-state index in [0.29, 0.717) is 13.1 Å². The van der Waals surface area contributed by atoms with Gasteiger partial charge in [0, 0.05) is 38.3 Å². The molecule has 1 aliphatic rings. The Morgan fingerprint density at radius 2 is 1.69 bits per heavy atom. The third kappa shape index (κ3) is 5.41. The van der Waals surface area contributed by atoms with Gasteiger partial charge < -0.3 is 19.1 Å². The summed E-state index contributed by atoms with van der Waals surface area (Å²) < 4.78 is 16.6. The Morgan fingerprint density at radius 3 is 2.38 bits per heavy atom. The molecule has 6 heteroatoms. The first-order valence-electron chi connectivity index (χ1n) is 10.1. The maximum atomic E-state index is 12.6. The van der Waals surface area contributed by atoms with Gasteiger partial charge in [0.2, 0.25) is 0 Å². The number of carbonyl (C=O) groups is 1. The van der Waals surface area contributed by atoms with E-state index in [9.17, 15) is 4.79 Å². The smallest absolute Gasteiger partial charge is 0.260 e. The first kappa shape index (κ1) is 21.0. The summed E-state index contributed by atoms with van der Waals surface area (Å²) in [7, 11) is 3.34. The number of ether oxygens (including phenoxy) is 3. The van der Waals surface area contributed by atoms with E-state index in [1.54, 1.807) is 14.2 Å². The van der Waals surface area contributed by atoms with E-state index in [-0.39, 0.29) is 12.5 Å². The number of methoxy groups -OCH3 is 2. The molecule has 1 saturated heterocycles. The summed E-state index contributed by atoms with van der Waals surface area (Å²) in [6.45, 7) is 5.97. The van der Waals surface area contributed by atoms with Crippen LogP contribution in [0.1, 0.15) is 18.1 Å². The molecule has 3 rings (SSSR count). The number of hydrogen-bond donors (Lipinski definition) is 0. The van der Waals surface area contributed by atoms with Crippen molar-refractivity contribution in [2.45, 2.75) is 19.9 Å². The van der Waals surface area contributed by atoms with Crippen LogP contribution in [0.15, 0.2) is 42.5 Å². The Kier molecular flexibility index (Phi) is 7.36. The lowest BCUT2D eigenvalue weighted by Gasteiger charge is -2.35. The topological polar surface area (TPSA) is 51.2 Å². The molecule has 0 N–H and O–H groups in total. The van der Waals surface area contributed by atoms with Crippen LogP contribution < -0.4 is 14.2 Å². The van der Waals surface area contributed by atoms with Crippen LogP contribution in [0.3, 0.4) is 0 Å². The highest BCUT2D eigenvalue weighted by Gasteiger charge is 2.22. The van der Waals surface area contributed by atoms with Crippen LogP contribution in [0.2, 0.25) is 0 Å². The molecule has 0 atom stereocenters. The van der Waals surface area contributed by atoms with Gasteiger partial charge in [-0.05, 0) is 36.2 Å². The van der Waals surface area contributed by atoms with Gasteiger partial charge in [-0.2, -0.15) is 0 Å². The van der Waals surface area contributed by atoms with Crippen molar-refractivity contribution >= 4 is 5.91 Å². The van der Waals surface area contributed by atoms with Gasteiger partial charge in [-0.15, -0.1) is 0 Å². The number of para-hydroxylation sites is 1. The molecule has 0 saturated carbocycles. The minimum atomic E-state index is 0.0366. The number of hydrogen-bond acceptors (Lipinski definition) is 5. The van der Waals surface area contributed by atoms with Crippen molar-refractivity contribution < 1.29 is 19.0 Å². The summed E-state index contributed by atoms with van der Waals surface area (Å²) in [5, 5.41) is 0. The van der Waals surface area contributed by atoms with Gasteiger partial charge >= 0.3 is 0 Å². The SMILES string of the molecule is CCc1ccccc1OCC(=O)N1CCN(Cc2cc(OC)ccc2OC)CC1. The molecule has 0 bridgehead atoms. The van der Waals surface area contributed by atoms with Gasteiger partial charge in [0.25, 0.3) is 5.91 Å². The Morgan fingerprint density at radius 1 is 0.931 bits per heavy atom. The van der Waals surface area contributed by atoms with Crippen molar-refractivity contribution in [2.75, 3.05) is 47.0 Å². The molecule has 0 aliphatic carbocycles. The molecule has 156 valence electrons. The second-order valence-electron chi connectivity index (χ2n) is 7.08. The molecule has 0 unspecified atom stereocenters. The van der Waals surface area contributed by atoms with Crippen LogP contribution in [0, 0.1) is 0 Å². The predicted molar refractivity (Wildman–Crippen MR) is 113 cm³/mol. The Bertz CT molecular complexity index is 816. The zero-order chi connectivity index (χ0) is 20.6. The lowest BCUT2D eigenvalue weighted by Crippen LogP contribution is -2.49. The molecule has 2 aromatic rings. The van der Waals surface area contributed by atoms with E-state index in [0.717, 1.165) is 54.4 Å². The fourth-order valence-corrected chi connectivity index (χ4v) is 3.57. The average Bonchev–Trinajstić information content (AvgIpc) is 2.78.